The first kappa shape index (κ1) is 17.2. The van der Waals surface area contributed by atoms with Crippen molar-refractivity contribution < 1.29 is 9.32 Å². The molecule has 124 valence electrons. The molecule has 0 spiro atoms. The quantitative estimate of drug-likeness (QED) is 0.776. The van der Waals surface area contributed by atoms with Crippen LogP contribution in [0.1, 0.15) is 11.9 Å². The minimum atomic E-state index is -0.597. The number of urea groups is 1. The first-order valence-corrected chi connectivity index (χ1v) is 7.05. The molecule has 2 aromatic rings. The number of aromatic nitrogens is 2. The summed E-state index contributed by atoms with van der Waals surface area (Å²) in [5, 5.41) is 9.91. The average molecular weight is 339 g/mol. The second-order valence-electron chi connectivity index (χ2n) is 5.22. The Morgan fingerprint density at radius 2 is 2.17 bits per heavy atom. The number of nitrogens with one attached hydrogen (secondary N) is 2. The van der Waals surface area contributed by atoms with Crippen molar-refractivity contribution >= 4 is 24.1 Å². The summed E-state index contributed by atoms with van der Waals surface area (Å²) in [6.45, 7) is 2.71. The van der Waals surface area contributed by atoms with Crippen LogP contribution in [0.4, 0.5) is 10.5 Å². The fourth-order valence-corrected chi connectivity index (χ4v) is 2.42. The number of likely N-dealkylation sites (N-methyl/N-ethyl adjacent to an activating group) is 1. The molecule has 1 saturated heterocycles. The smallest absolute Gasteiger partial charge is 0.316 e. The van der Waals surface area contributed by atoms with Crippen molar-refractivity contribution in [2.24, 2.45) is 5.73 Å². The van der Waals surface area contributed by atoms with Crippen molar-refractivity contribution in [3.8, 4) is 11.5 Å². The molecule has 1 fully saturated rings. The van der Waals surface area contributed by atoms with Crippen LogP contribution in [0.3, 0.4) is 0 Å². The molecule has 1 aromatic carbocycles. The Bertz CT molecular complexity index is 660. The normalized spacial score (nSPS) is 18.2. The standard InChI is InChI=1S/C14H18N6O2.ClH/c1-20-7-6-16-8-11(20)12-18-13(22-19-12)9-2-4-10(5-3-9)17-14(15)21;/h2-5,11,16H,6-8H2,1H3,(H3,15,17,21);1H. The Balaban J connectivity index is 0.00000192. The Hall–Kier alpha value is -2.16. The number of halogens is 1. The molecule has 1 aliphatic rings. The summed E-state index contributed by atoms with van der Waals surface area (Å²) in [6, 6.07) is 6.58. The summed E-state index contributed by atoms with van der Waals surface area (Å²) in [5.41, 5.74) is 6.48. The highest BCUT2D eigenvalue weighted by Crippen LogP contribution is 2.23. The maximum atomic E-state index is 10.8. The number of carbonyl (C=O) groups is 1. The molecule has 23 heavy (non-hydrogen) atoms. The summed E-state index contributed by atoms with van der Waals surface area (Å²) in [5.74, 6) is 1.13. The van der Waals surface area contributed by atoms with Crippen molar-refractivity contribution in [2.75, 3.05) is 32.0 Å². The van der Waals surface area contributed by atoms with Gasteiger partial charge in [0.1, 0.15) is 0 Å². The molecule has 8 nitrogen and oxygen atoms in total. The number of rotatable bonds is 3. The molecule has 0 radical (unpaired) electrons. The second kappa shape index (κ2) is 7.40. The average Bonchev–Trinajstić information content (AvgIpc) is 2.97. The van der Waals surface area contributed by atoms with Gasteiger partial charge in [-0.3, -0.25) is 4.90 Å². The number of piperazine rings is 1. The minimum Gasteiger partial charge on any atom is -0.351 e. The zero-order valence-electron chi connectivity index (χ0n) is 12.7. The summed E-state index contributed by atoms with van der Waals surface area (Å²) in [4.78, 5) is 17.5. The summed E-state index contributed by atoms with van der Waals surface area (Å²) in [6.07, 6.45) is 0. The van der Waals surface area contributed by atoms with E-state index in [0.717, 1.165) is 25.2 Å². The van der Waals surface area contributed by atoms with E-state index >= 15 is 0 Å². The van der Waals surface area contributed by atoms with Gasteiger partial charge in [0.05, 0.1) is 6.04 Å². The number of nitrogens with zero attached hydrogens (tertiary/aromatic N) is 3. The van der Waals surface area contributed by atoms with E-state index in [2.05, 4.69) is 25.7 Å². The lowest BCUT2D eigenvalue weighted by Crippen LogP contribution is -2.44. The predicted molar refractivity (Wildman–Crippen MR) is 88.4 cm³/mol. The first-order chi connectivity index (χ1) is 10.6. The monoisotopic (exact) mass is 338 g/mol. The van der Waals surface area contributed by atoms with Crippen LogP contribution in [0.5, 0.6) is 0 Å². The third-order valence-corrected chi connectivity index (χ3v) is 3.65. The van der Waals surface area contributed by atoms with Gasteiger partial charge in [0.2, 0.25) is 0 Å². The molecule has 4 N–H and O–H groups in total. The second-order valence-corrected chi connectivity index (χ2v) is 5.22. The van der Waals surface area contributed by atoms with Crippen molar-refractivity contribution in [2.45, 2.75) is 6.04 Å². The summed E-state index contributed by atoms with van der Waals surface area (Å²) >= 11 is 0. The lowest BCUT2D eigenvalue weighted by Gasteiger charge is -2.30. The minimum absolute atomic E-state index is 0. The Kier molecular flexibility index (Phi) is 5.54. The van der Waals surface area contributed by atoms with Gasteiger partial charge < -0.3 is 20.9 Å². The van der Waals surface area contributed by atoms with Gasteiger partial charge in [-0.25, -0.2) is 4.79 Å². The van der Waals surface area contributed by atoms with E-state index in [1.165, 1.54) is 0 Å². The van der Waals surface area contributed by atoms with E-state index < -0.39 is 6.03 Å². The molecule has 0 aliphatic carbocycles. The first-order valence-electron chi connectivity index (χ1n) is 7.05. The van der Waals surface area contributed by atoms with Gasteiger partial charge in [0.25, 0.3) is 5.89 Å². The highest BCUT2D eigenvalue weighted by molar-refractivity contribution is 5.88. The van der Waals surface area contributed by atoms with Gasteiger partial charge in [-0.2, -0.15) is 4.98 Å². The van der Waals surface area contributed by atoms with Gasteiger partial charge in [-0.05, 0) is 31.3 Å². The number of benzene rings is 1. The molecule has 3 rings (SSSR count). The van der Waals surface area contributed by atoms with E-state index in [1.807, 2.05) is 7.05 Å². The van der Waals surface area contributed by atoms with Crippen LogP contribution in [0.2, 0.25) is 0 Å². The van der Waals surface area contributed by atoms with Gasteiger partial charge in [-0.1, -0.05) is 5.16 Å². The van der Waals surface area contributed by atoms with Crippen molar-refractivity contribution in [1.29, 1.82) is 0 Å². The van der Waals surface area contributed by atoms with Crippen LogP contribution in [0.15, 0.2) is 28.8 Å². The SMILES string of the molecule is CN1CCNCC1c1noc(-c2ccc(NC(N)=O)cc2)n1.Cl. The molecular formula is C14H19ClN6O2. The number of hydrogen-bond acceptors (Lipinski definition) is 6. The molecule has 2 heterocycles. The lowest BCUT2D eigenvalue weighted by molar-refractivity contribution is 0.190. The molecule has 1 atom stereocenters. The largest absolute Gasteiger partial charge is 0.351 e. The molecule has 9 heteroatoms. The fourth-order valence-electron chi connectivity index (χ4n) is 2.42. The number of hydrogen-bond donors (Lipinski definition) is 3. The van der Waals surface area contributed by atoms with Crippen LogP contribution in [-0.2, 0) is 0 Å². The lowest BCUT2D eigenvalue weighted by atomic mass is 10.2. The number of primary amides is 1. The Morgan fingerprint density at radius 1 is 1.43 bits per heavy atom. The van der Waals surface area contributed by atoms with E-state index in [0.29, 0.717) is 17.4 Å². The molecule has 2 amide bonds. The van der Waals surface area contributed by atoms with Crippen LogP contribution < -0.4 is 16.4 Å². The van der Waals surface area contributed by atoms with E-state index in [-0.39, 0.29) is 18.4 Å². The molecular weight excluding hydrogens is 320 g/mol. The molecule has 0 saturated carbocycles. The third kappa shape index (κ3) is 3.98. The summed E-state index contributed by atoms with van der Waals surface area (Å²) in [7, 11) is 2.05. The van der Waals surface area contributed by atoms with Crippen LogP contribution in [-0.4, -0.2) is 47.8 Å². The number of carbonyl (C=O) groups excluding carboxylic acids is 1. The van der Waals surface area contributed by atoms with E-state index in [1.54, 1.807) is 24.3 Å². The number of nitrogens with two attached hydrogens (primary N) is 1. The van der Waals surface area contributed by atoms with E-state index in [4.69, 9.17) is 10.3 Å². The topological polar surface area (TPSA) is 109 Å². The van der Waals surface area contributed by atoms with Crippen LogP contribution >= 0.6 is 12.4 Å². The van der Waals surface area contributed by atoms with Gasteiger partial charge >= 0.3 is 6.03 Å². The van der Waals surface area contributed by atoms with Crippen LogP contribution in [0.25, 0.3) is 11.5 Å². The molecule has 1 aliphatic heterocycles. The van der Waals surface area contributed by atoms with Gasteiger partial charge in [0, 0.05) is 30.9 Å². The maximum absolute atomic E-state index is 10.8. The highest BCUT2D eigenvalue weighted by Gasteiger charge is 2.25. The van der Waals surface area contributed by atoms with Gasteiger partial charge in [0.15, 0.2) is 5.82 Å². The Labute approximate surface area is 139 Å². The van der Waals surface area contributed by atoms with Crippen LogP contribution in [0, 0.1) is 0 Å². The Morgan fingerprint density at radius 3 is 2.83 bits per heavy atom. The van der Waals surface area contributed by atoms with E-state index in [9.17, 15) is 4.79 Å². The molecule has 1 unspecified atom stereocenters. The number of amides is 2. The van der Waals surface area contributed by atoms with Crippen molar-refractivity contribution in [1.82, 2.24) is 20.4 Å². The van der Waals surface area contributed by atoms with Crippen molar-refractivity contribution in [3.63, 3.8) is 0 Å². The molecule has 1 aromatic heterocycles. The zero-order chi connectivity index (χ0) is 15.5. The van der Waals surface area contributed by atoms with Crippen molar-refractivity contribution in [3.05, 3.63) is 30.1 Å². The van der Waals surface area contributed by atoms with Gasteiger partial charge in [-0.15, -0.1) is 12.4 Å². The number of anilines is 1. The zero-order valence-corrected chi connectivity index (χ0v) is 13.5. The fraction of sp³-hybridized carbons (Fsp3) is 0.357. The molecule has 0 bridgehead atoms. The third-order valence-electron chi connectivity index (χ3n) is 3.65. The maximum Gasteiger partial charge on any atom is 0.316 e. The highest BCUT2D eigenvalue weighted by atomic mass is 35.5. The predicted octanol–water partition coefficient (Wildman–Crippen LogP) is 1.23. The summed E-state index contributed by atoms with van der Waals surface area (Å²) < 4.78 is 5.35.